The second kappa shape index (κ2) is 10.8. The van der Waals surface area contributed by atoms with Crippen LogP contribution in [0, 0.1) is 0 Å². The molecule has 0 saturated carbocycles. The Kier molecular flexibility index (Phi) is 6.74. The Labute approximate surface area is 299 Å². The average Bonchev–Trinajstić information content (AvgIpc) is 3.64. The Bertz CT molecular complexity index is 2570. The molecule has 3 heterocycles. The Morgan fingerprint density at radius 3 is 1.78 bits per heavy atom. The van der Waals surface area contributed by atoms with E-state index in [1.54, 1.807) is 0 Å². The monoisotopic (exact) mass is 668 g/mol. The number of aromatic nitrogens is 1. The highest BCUT2D eigenvalue weighted by Crippen LogP contribution is 2.53. The molecule has 0 amide bonds. The second-order valence-corrected chi connectivity index (χ2v) is 17.5. The summed E-state index contributed by atoms with van der Waals surface area (Å²) in [6, 6.07) is 48.0. The van der Waals surface area contributed by atoms with E-state index >= 15 is 0 Å². The van der Waals surface area contributed by atoms with Crippen molar-refractivity contribution in [1.29, 1.82) is 0 Å². The third-order valence-electron chi connectivity index (χ3n) is 11.1. The van der Waals surface area contributed by atoms with E-state index in [-0.39, 0.29) is 16.4 Å². The van der Waals surface area contributed by atoms with Crippen molar-refractivity contribution in [3.8, 4) is 5.69 Å². The minimum absolute atomic E-state index is 0.0590. The molecule has 50 heavy (non-hydrogen) atoms. The number of benzene rings is 6. The highest BCUT2D eigenvalue weighted by atomic mass is 32.1. The minimum atomic E-state index is -0.195. The van der Waals surface area contributed by atoms with Crippen LogP contribution in [-0.4, -0.2) is 10.1 Å². The zero-order chi connectivity index (χ0) is 34.6. The van der Waals surface area contributed by atoms with Crippen molar-refractivity contribution < 1.29 is 0 Å². The molecule has 0 bridgehead atoms. The van der Waals surface area contributed by atoms with Gasteiger partial charge in [-0.15, -0.1) is 11.3 Å². The number of hydrogen-bond acceptors (Lipinski definition) is 2. The SMILES string of the molecule is CC(C)(C)c1ccc2c(c1)c1ccccc1n2-c1cccc2c1sc1c(CC3(C)c4ccccc4N(C(C)(C)C)c4ccccc43)cccc12. The van der Waals surface area contributed by atoms with Crippen molar-refractivity contribution in [3.05, 3.63) is 150 Å². The van der Waals surface area contributed by atoms with Gasteiger partial charge < -0.3 is 9.47 Å². The molecule has 0 spiro atoms. The summed E-state index contributed by atoms with van der Waals surface area (Å²) in [7, 11) is 0. The van der Waals surface area contributed by atoms with Gasteiger partial charge in [-0.1, -0.05) is 119 Å². The van der Waals surface area contributed by atoms with Crippen LogP contribution in [0.15, 0.2) is 127 Å². The maximum atomic E-state index is 2.54. The first-order valence-corrected chi connectivity index (χ1v) is 18.7. The van der Waals surface area contributed by atoms with Gasteiger partial charge >= 0.3 is 0 Å². The smallest absolute Gasteiger partial charge is 0.0640 e. The third kappa shape index (κ3) is 4.52. The van der Waals surface area contributed by atoms with E-state index in [1.807, 2.05) is 11.3 Å². The van der Waals surface area contributed by atoms with Crippen LogP contribution in [-0.2, 0) is 17.3 Å². The molecule has 0 unspecified atom stereocenters. The molecule has 8 aromatic rings. The lowest BCUT2D eigenvalue weighted by Crippen LogP contribution is -2.44. The summed E-state index contributed by atoms with van der Waals surface area (Å²) < 4.78 is 5.23. The average molecular weight is 669 g/mol. The molecule has 1 aliphatic heterocycles. The normalized spacial score (nSPS) is 14.5. The van der Waals surface area contributed by atoms with Crippen molar-refractivity contribution in [2.24, 2.45) is 0 Å². The van der Waals surface area contributed by atoms with Crippen LogP contribution in [0.5, 0.6) is 0 Å². The summed E-state index contributed by atoms with van der Waals surface area (Å²) >= 11 is 1.96. The predicted octanol–water partition coefficient (Wildman–Crippen LogP) is 13.2. The summed E-state index contributed by atoms with van der Waals surface area (Å²) in [5, 5.41) is 5.30. The van der Waals surface area contributed by atoms with Gasteiger partial charge in [-0.3, -0.25) is 0 Å². The first kappa shape index (κ1) is 31.1. The van der Waals surface area contributed by atoms with Gasteiger partial charge in [0.2, 0.25) is 0 Å². The summed E-state index contributed by atoms with van der Waals surface area (Å²) in [4.78, 5) is 2.54. The molecule has 6 aromatic carbocycles. The van der Waals surface area contributed by atoms with E-state index in [0.717, 1.165) is 6.42 Å². The molecule has 0 radical (unpaired) electrons. The van der Waals surface area contributed by atoms with Crippen LogP contribution >= 0.6 is 11.3 Å². The topological polar surface area (TPSA) is 8.17 Å². The Morgan fingerprint density at radius 2 is 1.10 bits per heavy atom. The van der Waals surface area contributed by atoms with Crippen molar-refractivity contribution in [2.75, 3.05) is 4.90 Å². The molecule has 2 aromatic heterocycles. The van der Waals surface area contributed by atoms with Crippen LogP contribution in [0.25, 0.3) is 47.7 Å². The summed E-state index contributed by atoms with van der Waals surface area (Å²) in [6.07, 6.45) is 0.920. The molecule has 0 saturated heterocycles. The Morgan fingerprint density at radius 1 is 0.540 bits per heavy atom. The fraction of sp³-hybridized carbons (Fsp3) is 0.234. The minimum Gasteiger partial charge on any atom is -0.336 e. The molecule has 0 atom stereocenters. The van der Waals surface area contributed by atoms with Gasteiger partial charge in [-0.2, -0.15) is 0 Å². The zero-order valence-corrected chi connectivity index (χ0v) is 31.0. The van der Waals surface area contributed by atoms with Crippen LogP contribution in [0.3, 0.4) is 0 Å². The van der Waals surface area contributed by atoms with E-state index in [9.17, 15) is 0 Å². The van der Waals surface area contributed by atoms with Crippen LogP contribution < -0.4 is 4.90 Å². The number of fused-ring (bicyclic) bond motifs is 8. The molecular weight excluding hydrogens is 625 g/mol. The van der Waals surface area contributed by atoms with Gasteiger partial charge in [0, 0.05) is 48.6 Å². The summed E-state index contributed by atoms with van der Waals surface area (Å²) in [5.74, 6) is 0. The highest BCUT2D eigenvalue weighted by molar-refractivity contribution is 7.26. The quantitative estimate of drug-likeness (QED) is 0.182. The molecular formula is C47H44N2S. The van der Waals surface area contributed by atoms with Crippen molar-refractivity contribution in [2.45, 2.75) is 71.3 Å². The zero-order valence-electron chi connectivity index (χ0n) is 30.1. The number of hydrogen-bond donors (Lipinski definition) is 0. The van der Waals surface area contributed by atoms with Crippen LogP contribution in [0.4, 0.5) is 11.4 Å². The first-order valence-electron chi connectivity index (χ1n) is 17.9. The van der Waals surface area contributed by atoms with E-state index < -0.39 is 0 Å². The van der Waals surface area contributed by atoms with Crippen molar-refractivity contribution in [3.63, 3.8) is 0 Å². The molecule has 0 N–H and O–H groups in total. The maximum Gasteiger partial charge on any atom is 0.0640 e. The van der Waals surface area contributed by atoms with Crippen LogP contribution in [0.2, 0.25) is 0 Å². The van der Waals surface area contributed by atoms with Crippen molar-refractivity contribution in [1.82, 2.24) is 4.57 Å². The Hall–Kier alpha value is -4.86. The molecule has 1 aliphatic rings. The second-order valence-electron chi connectivity index (χ2n) is 16.4. The Balaban J connectivity index is 1.26. The van der Waals surface area contributed by atoms with Gasteiger partial charge in [0.15, 0.2) is 0 Å². The van der Waals surface area contributed by atoms with Gasteiger partial charge in [0.05, 0.1) is 21.4 Å². The van der Waals surface area contributed by atoms with E-state index in [4.69, 9.17) is 0 Å². The highest BCUT2D eigenvalue weighted by Gasteiger charge is 2.42. The predicted molar refractivity (Wildman–Crippen MR) is 217 cm³/mol. The maximum absolute atomic E-state index is 2.54. The third-order valence-corrected chi connectivity index (χ3v) is 12.4. The summed E-state index contributed by atoms with van der Waals surface area (Å²) in [5.41, 5.74) is 11.8. The van der Waals surface area contributed by atoms with E-state index in [2.05, 4.69) is 185 Å². The van der Waals surface area contributed by atoms with Gasteiger partial charge in [-0.05, 0) is 91.3 Å². The van der Waals surface area contributed by atoms with Crippen LogP contribution in [0.1, 0.15) is 70.7 Å². The number of anilines is 2. The number of para-hydroxylation sites is 3. The molecule has 0 aliphatic carbocycles. The lowest BCUT2D eigenvalue weighted by atomic mass is 9.68. The van der Waals surface area contributed by atoms with Crippen molar-refractivity contribution >= 4 is 64.7 Å². The fourth-order valence-electron chi connectivity index (χ4n) is 8.72. The summed E-state index contributed by atoms with van der Waals surface area (Å²) in [6.45, 7) is 16.3. The molecule has 2 nitrogen and oxygen atoms in total. The standard InChI is InChI=1S/C47H44N2S/c1-45(2,3)31-26-27-39-35(28-31)32-17-8-11-22-38(32)48(39)42-25-15-19-34-33-18-14-16-30(43(33)50-44(34)42)29-47(7)36-20-9-12-23-40(36)49(46(4,5)6)41-24-13-10-21-37(41)47/h8-28H,29H2,1-7H3. The fourth-order valence-corrected chi connectivity index (χ4v) is 10.0. The van der Waals surface area contributed by atoms with E-state index in [0.29, 0.717) is 0 Å². The number of thiophene rings is 1. The number of rotatable bonds is 3. The lowest BCUT2D eigenvalue weighted by molar-refractivity contribution is 0.510. The van der Waals surface area contributed by atoms with Gasteiger partial charge in [0.25, 0.3) is 0 Å². The first-order chi connectivity index (χ1) is 23.9. The molecule has 248 valence electrons. The molecule has 9 rings (SSSR count). The number of nitrogens with zero attached hydrogens (tertiary/aromatic N) is 2. The van der Waals surface area contributed by atoms with Gasteiger partial charge in [0.1, 0.15) is 0 Å². The molecule has 3 heteroatoms. The lowest BCUT2D eigenvalue weighted by Gasteiger charge is -2.49. The van der Waals surface area contributed by atoms with E-state index in [1.165, 1.54) is 81.3 Å². The molecule has 0 fully saturated rings. The largest absolute Gasteiger partial charge is 0.336 e. The van der Waals surface area contributed by atoms with Gasteiger partial charge in [-0.25, -0.2) is 0 Å².